The van der Waals surface area contributed by atoms with Gasteiger partial charge >= 0.3 is 5.76 Å². The maximum absolute atomic E-state index is 13.0. The van der Waals surface area contributed by atoms with Crippen molar-refractivity contribution in [3.8, 4) is 0 Å². The van der Waals surface area contributed by atoms with Gasteiger partial charge in [0.25, 0.3) is 5.91 Å². The van der Waals surface area contributed by atoms with Gasteiger partial charge in [0.1, 0.15) is 23.8 Å². The van der Waals surface area contributed by atoms with Crippen LogP contribution in [0.15, 0.2) is 84.1 Å². The van der Waals surface area contributed by atoms with Crippen LogP contribution in [0.5, 0.6) is 0 Å². The number of hydrogen-bond donors (Lipinski definition) is 3. The first-order valence-electron chi connectivity index (χ1n) is 10.5. The molecule has 0 bridgehead atoms. The van der Waals surface area contributed by atoms with E-state index in [0.717, 1.165) is 11.6 Å². The van der Waals surface area contributed by atoms with E-state index in [9.17, 15) is 22.0 Å². The maximum Gasteiger partial charge on any atom is 0.341 e. The molecule has 0 saturated heterocycles. The van der Waals surface area contributed by atoms with E-state index in [-0.39, 0.29) is 5.56 Å². The number of aryl methyl sites for hydroxylation is 1. The molecule has 2 aromatic carbocycles. The number of amides is 1. The summed E-state index contributed by atoms with van der Waals surface area (Å²) in [7, 11) is -4.94. The summed E-state index contributed by atoms with van der Waals surface area (Å²) in [6, 6.07) is 16.7. The average molecular weight is 511 g/mol. The van der Waals surface area contributed by atoms with Gasteiger partial charge in [0, 0.05) is 23.6 Å². The summed E-state index contributed by atoms with van der Waals surface area (Å²) < 4.78 is 49.8. The lowest BCUT2D eigenvalue weighted by Crippen LogP contribution is -2.19. The largest absolute Gasteiger partial charge is 0.341 e. The van der Waals surface area contributed by atoms with E-state index in [1.807, 2.05) is 19.1 Å². The molecule has 1 amide bonds. The zero-order chi connectivity index (χ0) is 25.7. The molecule has 12 heteroatoms. The summed E-state index contributed by atoms with van der Waals surface area (Å²) in [4.78, 5) is 24.5. The minimum absolute atomic E-state index is 0.338. The fraction of sp³-hybridized carbons (Fsp3) is 0.0833. The van der Waals surface area contributed by atoms with Crippen molar-refractivity contribution >= 4 is 44.6 Å². The highest BCUT2D eigenvalue weighted by molar-refractivity contribution is 7.91. The molecule has 0 atom stereocenters. The molecule has 0 radical (unpaired) electrons. The topological polar surface area (TPSA) is 126 Å². The van der Waals surface area contributed by atoms with Crippen LogP contribution in [0.25, 0.3) is 0 Å². The van der Waals surface area contributed by atoms with E-state index in [0.29, 0.717) is 28.8 Å². The first kappa shape index (κ1) is 24.7. The van der Waals surface area contributed by atoms with Crippen LogP contribution in [-0.4, -0.2) is 35.0 Å². The Morgan fingerprint density at radius 1 is 0.833 bits per heavy atom. The number of aromatic nitrogens is 3. The van der Waals surface area contributed by atoms with E-state index in [1.54, 1.807) is 36.5 Å². The highest BCUT2D eigenvalue weighted by Gasteiger charge is 2.30. The second-order valence-electron chi connectivity index (χ2n) is 7.59. The predicted molar refractivity (Wildman–Crippen MR) is 132 cm³/mol. The summed E-state index contributed by atoms with van der Waals surface area (Å²) in [6.07, 6.45) is 3.08. The molecule has 184 valence electrons. The van der Waals surface area contributed by atoms with Crippen molar-refractivity contribution in [3.05, 3.63) is 90.4 Å². The van der Waals surface area contributed by atoms with Gasteiger partial charge in [0.05, 0.1) is 10.5 Å². The quantitative estimate of drug-likeness (QED) is 0.305. The monoisotopic (exact) mass is 510 g/mol. The number of halogens is 2. The first-order chi connectivity index (χ1) is 17.2. The van der Waals surface area contributed by atoms with E-state index < -0.39 is 26.4 Å². The molecular formula is C24H20F2N6O3S. The van der Waals surface area contributed by atoms with Gasteiger partial charge in [-0.1, -0.05) is 12.1 Å². The summed E-state index contributed by atoms with van der Waals surface area (Å²) >= 11 is 0. The highest BCUT2D eigenvalue weighted by atomic mass is 32.2. The molecule has 0 aliphatic carbocycles. The Hall–Kier alpha value is -4.45. The van der Waals surface area contributed by atoms with Gasteiger partial charge in [0.15, 0.2) is 0 Å². The van der Waals surface area contributed by atoms with Crippen LogP contribution in [-0.2, 0) is 9.84 Å². The average Bonchev–Trinajstić information content (AvgIpc) is 2.85. The Bertz CT molecular complexity index is 1500. The maximum atomic E-state index is 13.0. The lowest BCUT2D eigenvalue weighted by atomic mass is 10.2. The SMILES string of the molecule is Cc1ccnc(Nc2cc(Nc3ccc(NC(=O)c4ccccc4S(=O)(=O)C(F)F)cc3)ncn2)c1. The Kier molecular flexibility index (Phi) is 7.15. The predicted octanol–water partition coefficient (Wildman–Crippen LogP) is 4.92. The Labute approximate surface area is 205 Å². The third kappa shape index (κ3) is 5.78. The van der Waals surface area contributed by atoms with Crippen LogP contribution in [0, 0.1) is 6.92 Å². The molecule has 0 unspecified atom stereocenters. The van der Waals surface area contributed by atoms with Gasteiger partial charge in [-0.2, -0.15) is 8.78 Å². The summed E-state index contributed by atoms with van der Waals surface area (Å²) in [5.74, 6) is -2.79. The van der Waals surface area contributed by atoms with Crippen LogP contribution in [0.2, 0.25) is 0 Å². The van der Waals surface area contributed by atoms with E-state index in [4.69, 9.17) is 0 Å². The Balaban J connectivity index is 1.44. The van der Waals surface area contributed by atoms with E-state index in [1.165, 1.54) is 24.5 Å². The fourth-order valence-corrected chi connectivity index (χ4v) is 4.14. The second kappa shape index (κ2) is 10.4. The third-order valence-electron chi connectivity index (χ3n) is 4.93. The number of rotatable bonds is 8. The number of sulfone groups is 1. The molecule has 3 N–H and O–H groups in total. The second-order valence-corrected chi connectivity index (χ2v) is 9.48. The fourth-order valence-electron chi connectivity index (χ4n) is 3.21. The summed E-state index contributed by atoms with van der Waals surface area (Å²) in [5, 5.41) is 8.73. The van der Waals surface area contributed by atoms with Crippen molar-refractivity contribution in [3.63, 3.8) is 0 Å². The van der Waals surface area contributed by atoms with Gasteiger partial charge < -0.3 is 16.0 Å². The molecule has 36 heavy (non-hydrogen) atoms. The van der Waals surface area contributed by atoms with Gasteiger partial charge in [0.2, 0.25) is 9.84 Å². The Morgan fingerprint density at radius 2 is 1.47 bits per heavy atom. The number of carbonyl (C=O) groups excluding carboxylic acids is 1. The van der Waals surface area contributed by atoms with Crippen molar-refractivity contribution in [1.29, 1.82) is 0 Å². The zero-order valence-electron chi connectivity index (χ0n) is 18.8. The Morgan fingerprint density at radius 3 is 2.17 bits per heavy atom. The van der Waals surface area contributed by atoms with Crippen LogP contribution in [0.1, 0.15) is 15.9 Å². The van der Waals surface area contributed by atoms with Crippen LogP contribution < -0.4 is 16.0 Å². The van der Waals surface area contributed by atoms with Crippen LogP contribution >= 0.6 is 0 Å². The van der Waals surface area contributed by atoms with E-state index >= 15 is 0 Å². The highest BCUT2D eigenvalue weighted by Crippen LogP contribution is 2.24. The molecule has 2 aromatic heterocycles. The standard InChI is InChI=1S/C24H20F2N6O3S/c1-15-10-11-27-20(12-15)32-22-13-21(28-14-29-22)30-16-6-8-17(9-7-16)31-23(33)18-4-2-3-5-19(18)36(34,35)24(25)26/h2-14,24H,1H3,(H,31,33)(H2,27,28,29,30,32). The third-order valence-corrected chi connectivity index (χ3v) is 6.36. The number of pyridine rings is 1. The molecule has 0 saturated carbocycles. The van der Waals surface area contributed by atoms with Crippen molar-refractivity contribution in [2.75, 3.05) is 16.0 Å². The van der Waals surface area contributed by atoms with Crippen molar-refractivity contribution in [1.82, 2.24) is 15.0 Å². The normalized spacial score (nSPS) is 11.2. The molecule has 2 heterocycles. The van der Waals surface area contributed by atoms with Crippen molar-refractivity contribution < 1.29 is 22.0 Å². The van der Waals surface area contributed by atoms with E-state index in [2.05, 4.69) is 30.9 Å². The molecule has 4 aromatic rings. The minimum atomic E-state index is -4.94. The number of hydrogen-bond acceptors (Lipinski definition) is 8. The number of alkyl halides is 2. The van der Waals surface area contributed by atoms with Crippen molar-refractivity contribution in [2.24, 2.45) is 0 Å². The molecule has 0 aliphatic rings. The number of benzene rings is 2. The van der Waals surface area contributed by atoms with Gasteiger partial charge in [-0.05, 0) is 61.0 Å². The summed E-state index contributed by atoms with van der Waals surface area (Å²) in [6.45, 7) is 1.95. The first-order valence-corrected chi connectivity index (χ1v) is 12.1. The lowest BCUT2D eigenvalue weighted by Gasteiger charge is -2.11. The zero-order valence-corrected chi connectivity index (χ0v) is 19.6. The number of carbonyl (C=O) groups is 1. The molecule has 9 nitrogen and oxygen atoms in total. The van der Waals surface area contributed by atoms with Gasteiger partial charge in [-0.3, -0.25) is 4.79 Å². The number of anilines is 5. The van der Waals surface area contributed by atoms with Gasteiger partial charge in [-0.25, -0.2) is 23.4 Å². The summed E-state index contributed by atoms with van der Waals surface area (Å²) in [5.41, 5.74) is 1.66. The van der Waals surface area contributed by atoms with Crippen LogP contribution in [0.3, 0.4) is 0 Å². The van der Waals surface area contributed by atoms with Gasteiger partial charge in [-0.15, -0.1) is 0 Å². The molecular weight excluding hydrogens is 490 g/mol. The lowest BCUT2D eigenvalue weighted by molar-refractivity contribution is 0.102. The smallest absolute Gasteiger partial charge is 0.340 e. The van der Waals surface area contributed by atoms with Crippen LogP contribution in [0.4, 0.5) is 37.6 Å². The molecule has 4 rings (SSSR count). The number of nitrogens with zero attached hydrogens (tertiary/aromatic N) is 3. The molecule has 0 fully saturated rings. The number of nitrogens with one attached hydrogen (secondary N) is 3. The minimum Gasteiger partial charge on any atom is -0.340 e. The molecule has 0 spiro atoms. The van der Waals surface area contributed by atoms with Crippen molar-refractivity contribution in [2.45, 2.75) is 17.6 Å². The molecule has 0 aliphatic heterocycles.